The average molecular weight is 345 g/mol. The summed E-state index contributed by atoms with van der Waals surface area (Å²) in [6.07, 6.45) is 3.75. The normalized spacial score (nSPS) is 20.3. The molecule has 1 aliphatic rings. The second-order valence-electron chi connectivity index (χ2n) is 6.47. The second kappa shape index (κ2) is 6.79. The van der Waals surface area contributed by atoms with Gasteiger partial charge in [-0.25, -0.2) is 9.67 Å². The van der Waals surface area contributed by atoms with Gasteiger partial charge in [0, 0.05) is 25.2 Å². The van der Waals surface area contributed by atoms with Crippen molar-refractivity contribution >= 4 is 5.91 Å². The molecule has 0 radical (unpaired) electrons. The first kappa shape index (κ1) is 17.3. The Kier molecular flexibility index (Phi) is 4.71. The molecule has 3 heterocycles. The molecule has 3 rings (SSSR count). The molecule has 8 heteroatoms. The van der Waals surface area contributed by atoms with Crippen LogP contribution in [0, 0.1) is 0 Å². The van der Waals surface area contributed by atoms with Gasteiger partial charge in [-0.2, -0.15) is 0 Å². The number of aromatic nitrogens is 4. The minimum Gasteiger partial charge on any atom is -0.477 e. The lowest BCUT2D eigenvalue weighted by Gasteiger charge is -2.21. The van der Waals surface area contributed by atoms with Crippen LogP contribution in [0.1, 0.15) is 49.3 Å². The molecule has 0 bridgehead atoms. The van der Waals surface area contributed by atoms with Gasteiger partial charge in [0.1, 0.15) is 16.9 Å². The first-order chi connectivity index (χ1) is 11.9. The van der Waals surface area contributed by atoms with Gasteiger partial charge in [0.25, 0.3) is 5.91 Å². The molecule has 134 valence electrons. The summed E-state index contributed by atoms with van der Waals surface area (Å²) >= 11 is 0. The molecule has 1 N–H and O–H groups in total. The van der Waals surface area contributed by atoms with Crippen molar-refractivity contribution in [2.45, 2.75) is 38.8 Å². The zero-order valence-corrected chi connectivity index (χ0v) is 14.7. The van der Waals surface area contributed by atoms with Crippen molar-refractivity contribution in [1.29, 1.82) is 0 Å². The van der Waals surface area contributed by atoms with Gasteiger partial charge in [0.05, 0.1) is 19.3 Å². The SMILES string of the molecule is CCOc1ncccc1C(=O)N1CC[C@](O)(c2cn(C(C)C)nn2)C1. The number of hydrogen-bond acceptors (Lipinski definition) is 6. The Morgan fingerprint density at radius 1 is 1.48 bits per heavy atom. The van der Waals surface area contributed by atoms with Crippen LogP contribution in [0.3, 0.4) is 0 Å². The maximum atomic E-state index is 12.8. The highest BCUT2D eigenvalue weighted by molar-refractivity contribution is 5.96. The number of β-amino-alcohol motifs (C(OH)–C–C–N with tert-alkyl or cyclic N) is 1. The van der Waals surface area contributed by atoms with E-state index < -0.39 is 5.60 Å². The summed E-state index contributed by atoms with van der Waals surface area (Å²) in [5.74, 6) is 0.111. The minimum absolute atomic E-state index is 0.160. The summed E-state index contributed by atoms with van der Waals surface area (Å²) in [5, 5.41) is 19.1. The zero-order valence-electron chi connectivity index (χ0n) is 14.7. The molecule has 1 amide bonds. The topological polar surface area (TPSA) is 93.4 Å². The lowest BCUT2D eigenvalue weighted by molar-refractivity contribution is 0.0380. The van der Waals surface area contributed by atoms with Crippen LogP contribution < -0.4 is 4.74 Å². The van der Waals surface area contributed by atoms with Gasteiger partial charge in [-0.05, 0) is 32.9 Å². The van der Waals surface area contributed by atoms with Crippen molar-refractivity contribution in [2.75, 3.05) is 19.7 Å². The number of aliphatic hydroxyl groups is 1. The largest absolute Gasteiger partial charge is 0.477 e. The minimum atomic E-state index is -1.18. The maximum Gasteiger partial charge on any atom is 0.259 e. The number of carbonyl (C=O) groups excluding carboxylic acids is 1. The molecule has 2 aromatic rings. The van der Waals surface area contributed by atoms with Crippen LogP contribution in [-0.2, 0) is 5.60 Å². The van der Waals surface area contributed by atoms with Crippen LogP contribution >= 0.6 is 0 Å². The number of carbonyl (C=O) groups is 1. The van der Waals surface area contributed by atoms with Gasteiger partial charge in [-0.1, -0.05) is 5.21 Å². The predicted octanol–water partition coefficient (Wildman–Crippen LogP) is 1.39. The fourth-order valence-electron chi connectivity index (χ4n) is 2.89. The zero-order chi connectivity index (χ0) is 18.0. The number of nitrogens with zero attached hydrogens (tertiary/aromatic N) is 5. The molecule has 0 unspecified atom stereocenters. The first-order valence-electron chi connectivity index (χ1n) is 8.46. The fraction of sp³-hybridized carbons (Fsp3) is 0.529. The van der Waals surface area contributed by atoms with Gasteiger partial charge in [-0.15, -0.1) is 5.10 Å². The summed E-state index contributed by atoms with van der Waals surface area (Å²) in [6.45, 7) is 6.86. The quantitative estimate of drug-likeness (QED) is 0.880. The van der Waals surface area contributed by atoms with Crippen LogP contribution in [0.15, 0.2) is 24.5 Å². The smallest absolute Gasteiger partial charge is 0.259 e. The monoisotopic (exact) mass is 345 g/mol. The summed E-state index contributed by atoms with van der Waals surface area (Å²) in [5.41, 5.74) is -0.288. The average Bonchev–Trinajstić information content (AvgIpc) is 3.23. The Bertz CT molecular complexity index is 760. The molecule has 1 atom stereocenters. The van der Waals surface area contributed by atoms with E-state index in [0.717, 1.165) is 0 Å². The third-order valence-corrected chi connectivity index (χ3v) is 4.33. The molecule has 0 spiro atoms. The molecule has 1 aliphatic heterocycles. The van der Waals surface area contributed by atoms with E-state index in [1.165, 1.54) is 0 Å². The van der Waals surface area contributed by atoms with E-state index in [2.05, 4.69) is 15.3 Å². The highest BCUT2D eigenvalue weighted by Crippen LogP contribution is 2.32. The molecular weight excluding hydrogens is 322 g/mol. The fourth-order valence-corrected chi connectivity index (χ4v) is 2.89. The molecular formula is C17H23N5O3. The van der Waals surface area contributed by atoms with Crippen LogP contribution in [0.4, 0.5) is 0 Å². The highest BCUT2D eigenvalue weighted by Gasteiger charge is 2.42. The molecule has 0 saturated carbocycles. The summed E-state index contributed by atoms with van der Waals surface area (Å²) in [4.78, 5) is 18.6. The molecule has 1 fully saturated rings. The molecule has 0 aromatic carbocycles. The summed E-state index contributed by atoms with van der Waals surface area (Å²) in [6, 6.07) is 3.55. The lowest BCUT2D eigenvalue weighted by atomic mass is 10.00. The first-order valence-corrected chi connectivity index (χ1v) is 8.46. The summed E-state index contributed by atoms with van der Waals surface area (Å²) in [7, 11) is 0. The Morgan fingerprint density at radius 2 is 2.28 bits per heavy atom. The maximum absolute atomic E-state index is 12.8. The van der Waals surface area contributed by atoms with E-state index in [-0.39, 0.29) is 18.5 Å². The Balaban J connectivity index is 1.79. The van der Waals surface area contributed by atoms with Crippen molar-refractivity contribution < 1.29 is 14.6 Å². The van der Waals surface area contributed by atoms with Crippen LogP contribution in [0.2, 0.25) is 0 Å². The number of hydrogen-bond donors (Lipinski definition) is 1. The Morgan fingerprint density at radius 3 is 2.96 bits per heavy atom. The van der Waals surface area contributed by atoms with Gasteiger partial charge in [0.2, 0.25) is 5.88 Å². The standard InChI is InChI=1S/C17H23N5O3/c1-4-25-15-13(6-5-8-18-15)16(23)21-9-7-17(24,11-21)14-10-22(12(2)3)20-19-14/h5-6,8,10,12,24H,4,7,9,11H2,1-3H3/t17-/m1/s1. The van der Waals surface area contributed by atoms with Crippen LogP contribution in [0.5, 0.6) is 5.88 Å². The Hall–Kier alpha value is -2.48. The summed E-state index contributed by atoms with van der Waals surface area (Å²) < 4.78 is 7.14. The number of rotatable bonds is 5. The van der Waals surface area contributed by atoms with E-state index in [1.807, 2.05) is 20.8 Å². The molecule has 25 heavy (non-hydrogen) atoms. The van der Waals surface area contributed by atoms with Gasteiger partial charge >= 0.3 is 0 Å². The number of ether oxygens (including phenoxy) is 1. The molecule has 0 aliphatic carbocycles. The number of amides is 1. The predicted molar refractivity (Wildman–Crippen MR) is 90.2 cm³/mol. The second-order valence-corrected chi connectivity index (χ2v) is 6.47. The van der Waals surface area contributed by atoms with Gasteiger partial charge < -0.3 is 14.7 Å². The third-order valence-electron chi connectivity index (χ3n) is 4.33. The van der Waals surface area contributed by atoms with Crippen LogP contribution in [-0.4, -0.2) is 55.6 Å². The van der Waals surface area contributed by atoms with E-state index >= 15 is 0 Å². The van der Waals surface area contributed by atoms with E-state index in [9.17, 15) is 9.90 Å². The van der Waals surface area contributed by atoms with Gasteiger partial charge in [0.15, 0.2) is 0 Å². The Labute approximate surface area is 146 Å². The third kappa shape index (κ3) is 3.34. The highest BCUT2D eigenvalue weighted by atomic mass is 16.5. The van der Waals surface area contributed by atoms with Crippen molar-refractivity contribution in [1.82, 2.24) is 24.9 Å². The van der Waals surface area contributed by atoms with Gasteiger partial charge in [-0.3, -0.25) is 4.79 Å². The number of pyridine rings is 1. The van der Waals surface area contributed by atoms with Crippen molar-refractivity contribution in [3.05, 3.63) is 35.8 Å². The molecule has 2 aromatic heterocycles. The van der Waals surface area contributed by atoms with E-state index in [1.54, 1.807) is 34.1 Å². The van der Waals surface area contributed by atoms with Crippen molar-refractivity contribution in [3.8, 4) is 5.88 Å². The van der Waals surface area contributed by atoms with E-state index in [0.29, 0.717) is 36.7 Å². The lowest BCUT2D eigenvalue weighted by Crippen LogP contribution is -2.35. The van der Waals surface area contributed by atoms with E-state index in [4.69, 9.17) is 4.74 Å². The number of likely N-dealkylation sites (tertiary alicyclic amines) is 1. The van der Waals surface area contributed by atoms with Crippen LogP contribution in [0.25, 0.3) is 0 Å². The molecule has 8 nitrogen and oxygen atoms in total. The van der Waals surface area contributed by atoms with Crippen molar-refractivity contribution in [3.63, 3.8) is 0 Å². The molecule has 1 saturated heterocycles. The van der Waals surface area contributed by atoms with Crippen molar-refractivity contribution in [2.24, 2.45) is 0 Å².